The molecule has 0 amide bonds. The van der Waals surface area contributed by atoms with Crippen molar-refractivity contribution >= 4 is 22.4 Å². The van der Waals surface area contributed by atoms with Crippen LogP contribution in [0.25, 0.3) is 22.4 Å². The molecular formula is C27H22. The number of allylic oxidation sites excluding steroid dienone is 1. The van der Waals surface area contributed by atoms with E-state index >= 15 is 0 Å². The average Bonchev–Trinajstić information content (AvgIpc) is 3.14. The maximum absolute atomic E-state index is 2.36. The minimum Gasteiger partial charge on any atom is -0.0620 e. The molecule has 4 aromatic carbocycles. The Bertz CT molecular complexity index is 1180. The predicted octanol–water partition coefficient (Wildman–Crippen LogP) is 6.84. The van der Waals surface area contributed by atoms with Crippen molar-refractivity contribution in [1.82, 2.24) is 0 Å². The fraction of sp³-hybridized carbons (Fsp3) is 0.111. The monoisotopic (exact) mass is 346 g/mol. The van der Waals surface area contributed by atoms with Gasteiger partial charge in [-0.15, -0.1) is 0 Å². The third-order valence-corrected chi connectivity index (χ3v) is 5.75. The first kappa shape index (κ1) is 16.1. The number of hydrogen-bond donors (Lipinski definition) is 0. The summed E-state index contributed by atoms with van der Waals surface area (Å²) in [6, 6.07) is 31.0. The van der Waals surface area contributed by atoms with E-state index < -0.39 is 0 Å². The van der Waals surface area contributed by atoms with E-state index in [2.05, 4.69) is 97.9 Å². The molecule has 1 aliphatic carbocycles. The Labute approximate surface area is 160 Å². The molecule has 130 valence electrons. The summed E-state index contributed by atoms with van der Waals surface area (Å²) in [5, 5.41) is 2.69. The van der Waals surface area contributed by atoms with Gasteiger partial charge in [0.15, 0.2) is 0 Å². The minimum atomic E-state index is 0.984. The Morgan fingerprint density at radius 3 is 2.44 bits per heavy atom. The van der Waals surface area contributed by atoms with Gasteiger partial charge in [-0.25, -0.2) is 0 Å². The van der Waals surface area contributed by atoms with Gasteiger partial charge in [-0.1, -0.05) is 84.9 Å². The molecule has 0 atom stereocenters. The molecular weight excluding hydrogens is 324 g/mol. The molecule has 4 aromatic rings. The van der Waals surface area contributed by atoms with E-state index in [9.17, 15) is 0 Å². The Balaban J connectivity index is 1.52. The maximum atomic E-state index is 2.36. The van der Waals surface area contributed by atoms with Crippen molar-refractivity contribution in [2.75, 3.05) is 0 Å². The highest BCUT2D eigenvalue weighted by molar-refractivity contribution is 5.94. The van der Waals surface area contributed by atoms with Crippen molar-refractivity contribution < 1.29 is 0 Å². The summed E-state index contributed by atoms with van der Waals surface area (Å²) < 4.78 is 0. The van der Waals surface area contributed by atoms with Crippen molar-refractivity contribution in [3.05, 3.63) is 118 Å². The molecule has 0 heterocycles. The van der Waals surface area contributed by atoms with Gasteiger partial charge in [-0.3, -0.25) is 0 Å². The zero-order valence-electron chi connectivity index (χ0n) is 15.6. The number of hydrogen-bond acceptors (Lipinski definition) is 0. The summed E-state index contributed by atoms with van der Waals surface area (Å²) >= 11 is 0. The van der Waals surface area contributed by atoms with Gasteiger partial charge in [0.05, 0.1) is 0 Å². The zero-order valence-corrected chi connectivity index (χ0v) is 15.6. The molecule has 0 spiro atoms. The summed E-state index contributed by atoms with van der Waals surface area (Å²) in [6.45, 7) is 2.20. The lowest BCUT2D eigenvalue weighted by atomic mass is 9.94. The predicted molar refractivity (Wildman–Crippen MR) is 116 cm³/mol. The second kappa shape index (κ2) is 6.55. The molecule has 27 heavy (non-hydrogen) atoms. The van der Waals surface area contributed by atoms with Crippen LogP contribution in [-0.2, 0) is 12.8 Å². The highest BCUT2D eigenvalue weighted by atomic mass is 14.2. The second-order valence-corrected chi connectivity index (χ2v) is 7.50. The molecule has 5 rings (SSSR count). The smallest absolute Gasteiger partial charge is 0.00137 e. The average molecular weight is 346 g/mol. The number of aryl methyl sites for hydroxylation is 1. The zero-order chi connectivity index (χ0) is 18.2. The van der Waals surface area contributed by atoms with E-state index in [1.165, 1.54) is 49.7 Å². The minimum absolute atomic E-state index is 0.984. The fourth-order valence-electron chi connectivity index (χ4n) is 4.18. The topological polar surface area (TPSA) is 0 Å². The van der Waals surface area contributed by atoms with Gasteiger partial charge >= 0.3 is 0 Å². The molecule has 0 N–H and O–H groups in total. The Kier molecular flexibility index (Phi) is 3.90. The summed E-state index contributed by atoms with van der Waals surface area (Å²) in [7, 11) is 0. The van der Waals surface area contributed by atoms with Gasteiger partial charge in [0, 0.05) is 0 Å². The molecule has 0 radical (unpaired) electrons. The highest BCUT2D eigenvalue weighted by Crippen LogP contribution is 2.33. The molecule has 0 aromatic heterocycles. The van der Waals surface area contributed by atoms with Crippen molar-refractivity contribution in [3.63, 3.8) is 0 Å². The fourth-order valence-corrected chi connectivity index (χ4v) is 4.18. The number of benzene rings is 4. The van der Waals surface area contributed by atoms with Crippen molar-refractivity contribution in [1.29, 1.82) is 0 Å². The quantitative estimate of drug-likeness (QED) is 0.381. The molecule has 0 bridgehead atoms. The molecule has 0 fully saturated rings. The second-order valence-electron chi connectivity index (χ2n) is 7.50. The van der Waals surface area contributed by atoms with E-state index in [0.717, 1.165) is 12.8 Å². The van der Waals surface area contributed by atoms with E-state index in [1.807, 2.05) is 0 Å². The van der Waals surface area contributed by atoms with E-state index in [1.54, 1.807) is 0 Å². The normalized spacial score (nSPS) is 12.9. The van der Waals surface area contributed by atoms with Crippen LogP contribution in [0.3, 0.4) is 0 Å². The number of fused-ring (bicyclic) bond motifs is 2. The first-order chi connectivity index (χ1) is 13.3. The lowest BCUT2D eigenvalue weighted by Crippen LogP contribution is -1.93. The summed E-state index contributed by atoms with van der Waals surface area (Å²) in [4.78, 5) is 0. The third kappa shape index (κ3) is 2.98. The van der Waals surface area contributed by atoms with Gasteiger partial charge in [-0.05, 0) is 75.6 Å². The largest absolute Gasteiger partial charge is 0.0620 e. The SMILES string of the molecule is Cc1ccccc1Cc1cccc2cc(C3=Cc4ccccc4C3)ccc12. The maximum Gasteiger partial charge on any atom is -0.00137 e. The van der Waals surface area contributed by atoms with Crippen LogP contribution in [0.2, 0.25) is 0 Å². The van der Waals surface area contributed by atoms with Crippen molar-refractivity contribution in [3.8, 4) is 0 Å². The molecule has 1 aliphatic rings. The standard InChI is InChI=1S/C27H22/c1-19-7-2-3-8-20(19)15-24-11-6-12-25-16-23(13-14-27(24)25)26-17-21-9-4-5-10-22(21)18-26/h2-14,16-17H,15,18H2,1H3. The van der Waals surface area contributed by atoms with Crippen LogP contribution in [0.4, 0.5) is 0 Å². The molecule has 0 unspecified atom stereocenters. The first-order valence-corrected chi connectivity index (χ1v) is 9.63. The summed E-state index contributed by atoms with van der Waals surface area (Å²) in [6.07, 6.45) is 4.36. The van der Waals surface area contributed by atoms with E-state index in [0.29, 0.717) is 0 Å². The van der Waals surface area contributed by atoms with Gasteiger partial charge in [0.25, 0.3) is 0 Å². The lowest BCUT2D eigenvalue weighted by molar-refractivity contribution is 1.17. The lowest BCUT2D eigenvalue weighted by Gasteiger charge is -2.11. The summed E-state index contributed by atoms with van der Waals surface area (Å²) in [5.74, 6) is 0. The number of rotatable bonds is 3. The molecule has 0 aliphatic heterocycles. The van der Waals surface area contributed by atoms with Crippen LogP contribution < -0.4 is 0 Å². The van der Waals surface area contributed by atoms with Crippen LogP contribution in [0.5, 0.6) is 0 Å². The molecule has 0 nitrogen and oxygen atoms in total. The van der Waals surface area contributed by atoms with Crippen LogP contribution in [0, 0.1) is 6.92 Å². The van der Waals surface area contributed by atoms with Crippen LogP contribution in [-0.4, -0.2) is 0 Å². The Morgan fingerprint density at radius 1 is 0.741 bits per heavy atom. The van der Waals surface area contributed by atoms with Gasteiger partial charge in [-0.2, -0.15) is 0 Å². The molecule has 0 saturated carbocycles. The van der Waals surface area contributed by atoms with Gasteiger partial charge < -0.3 is 0 Å². The van der Waals surface area contributed by atoms with Crippen LogP contribution in [0.1, 0.15) is 33.4 Å². The van der Waals surface area contributed by atoms with Crippen LogP contribution in [0.15, 0.2) is 84.9 Å². The Morgan fingerprint density at radius 2 is 1.56 bits per heavy atom. The van der Waals surface area contributed by atoms with Crippen molar-refractivity contribution in [2.24, 2.45) is 0 Å². The molecule has 0 saturated heterocycles. The van der Waals surface area contributed by atoms with Gasteiger partial charge in [0.1, 0.15) is 0 Å². The van der Waals surface area contributed by atoms with Crippen LogP contribution >= 0.6 is 0 Å². The van der Waals surface area contributed by atoms with Crippen molar-refractivity contribution in [2.45, 2.75) is 19.8 Å². The van der Waals surface area contributed by atoms with Gasteiger partial charge in [0.2, 0.25) is 0 Å². The third-order valence-electron chi connectivity index (χ3n) is 5.75. The highest BCUT2D eigenvalue weighted by Gasteiger charge is 2.14. The molecule has 0 heteroatoms. The van der Waals surface area contributed by atoms with E-state index in [4.69, 9.17) is 0 Å². The summed E-state index contributed by atoms with van der Waals surface area (Å²) in [5.41, 5.74) is 9.72. The first-order valence-electron chi connectivity index (χ1n) is 9.63. The Hall–Kier alpha value is -3.12. The van der Waals surface area contributed by atoms with E-state index in [-0.39, 0.29) is 0 Å².